The quantitative estimate of drug-likeness (QED) is 0.626. The number of hydrogen-bond acceptors (Lipinski definition) is 4. The SMILES string of the molecule is CC(C)(C)C1=CC(CC2CCNCC2)=NC2=C(c3ccc(-c4ccccc4)nc3)C=N[N+]12C. The summed E-state index contributed by atoms with van der Waals surface area (Å²) < 4.78 is 0.398. The largest absolute Gasteiger partial charge is 0.317 e. The van der Waals surface area contributed by atoms with Crippen LogP contribution in [-0.4, -0.2) is 41.6 Å². The molecule has 0 aliphatic carbocycles. The first-order chi connectivity index (χ1) is 15.8. The second-order valence-electron chi connectivity index (χ2n) is 10.5. The highest BCUT2D eigenvalue weighted by Gasteiger charge is 2.47. The number of benzene rings is 1. The van der Waals surface area contributed by atoms with Crippen molar-refractivity contribution in [2.24, 2.45) is 21.4 Å². The minimum atomic E-state index is -0.0164. The van der Waals surface area contributed by atoms with Crippen molar-refractivity contribution in [2.45, 2.75) is 40.0 Å². The predicted molar refractivity (Wildman–Crippen MR) is 136 cm³/mol. The molecule has 1 unspecified atom stereocenters. The van der Waals surface area contributed by atoms with Crippen LogP contribution in [0, 0.1) is 11.3 Å². The van der Waals surface area contributed by atoms with Crippen molar-refractivity contribution in [3.05, 3.63) is 71.8 Å². The van der Waals surface area contributed by atoms with Gasteiger partial charge in [0.2, 0.25) is 0 Å². The van der Waals surface area contributed by atoms with E-state index in [1.807, 2.05) is 30.6 Å². The van der Waals surface area contributed by atoms with Gasteiger partial charge in [-0.25, -0.2) is 0 Å². The molecule has 1 aromatic heterocycles. The fraction of sp³-hybridized carbons (Fsp3) is 0.393. The molecular weight excluding hydrogens is 406 g/mol. The third-order valence-corrected chi connectivity index (χ3v) is 6.96. The van der Waals surface area contributed by atoms with E-state index in [0.29, 0.717) is 10.5 Å². The maximum absolute atomic E-state index is 5.23. The molecule has 2 aromatic rings. The van der Waals surface area contributed by atoms with E-state index in [4.69, 9.17) is 15.1 Å². The Bertz CT molecular complexity index is 1140. The lowest BCUT2D eigenvalue weighted by atomic mass is 9.86. The molecule has 1 saturated heterocycles. The molecule has 170 valence electrons. The van der Waals surface area contributed by atoms with Gasteiger partial charge in [-0.15, -0.1) is 4.59 Å². The first kappa shape index (κ1) is 21.9. The van der Waals surface area contributed by atoms with Crippen LogP contribution < -0.4 is 5.32 Å². The minimum absolute atomic E-state index is 0.0164. The molecule has 5 heteroatoms. The Morgan fingerprint density at radius 3 is 2.42 bits per heavy atom. The summed E-state index contributed by atoms with van der Waals surface area (Å²) in [6, 6.07) is 14.5. The third kappa shape index (κ3) is 4.23. The molecule has 1 atom stereocenters. The zero-order valence-corrected chi connectivity index (χ0v) is 20.2. The maximum atomic E-state index is 5.23. The molecule has 1 aromatic carbocycles. The average Bonchev–Trinajstić information content (AvgIpc) is 3.16. The smallest absolute Gasteiger partial charge is 0.269 e. The van der Waals surface area contributed by atoms with Crippen LogP contribution in [0.1, 0.15) is 45.6 Å². The zero-order chi connectivity index (χ0) is 23.1. The van der Waals surface area contributed by atoms with Gasteiger partial charge in [0.15, 0.2) is 0 Å². The lowest BCUT2D eigenvalue weighted by Crippen LogP contribution is -2.42. The molecule has 1 N–H and O–H groups in total. The number of pyridine rings is 1. The molecule has 3 aliphatic rings. The van der Waals surface area contributed by atoms with E-state index in [1.54, 1.807) is 0 Å². The summed E-state index contributed by atoms with van der Waals surface area (Å²) in [7, 11) is 2.16. The Labute approximate surface area is 197 Å². The Morgan fingerprint density at radius 1 is 1.00 bits per heavy atom. The summed E-state index contributed by atoms with van der Waals surface area (Å²) in [5, 5.41) is 8.46. The molecule has 0 saturated carbocycles. The highest BCUT2D eigenvalue weighted by atomic mass is 15.7. The van der Waals surface area contributed by atoms with E-state index in [9.17, 15) is 0 Å². The number of aliphatic imine (C=N–C) groups is 1. The second kappa shape index (κ2) is 8.47. The average molecular weight is 441 g/mol. The Morgan fingerprint density at radius 2 is 1.76 bits per heavy atom. The molecule has 33 heavy (non-hydrogen) atoms. The number of allylic oxidation sites excluding steroid dienone is 3. The predicted octanol–water partition coefficient (Wildman–Crippen LogP) is 5.64. The first-order valence-corrected chi connectivity index (χ1v) is 12.0. The first-order valence-electron chi connectivity index (χ1n) is 12.0. The number of rotatable bonds is 4. The van der Waals surface area contributed by atoms with Crippen LogP contribution in [0.2, 0.25) is 0 Å². The molecular formula is C28H34N5+. The van der Waals surface area contributed by atoms with Gasteiger partial charge in [0.25, 0.3) is 5.82 Å². The fourth-order valence-electron chi connectivity index (χ4n) is 5.20. The van der Waals surface area contributed by atoms with Gasteiger partial charge in [-0.3, -0.25) is 4.98 Å². The fourth-order valence-corrected chi connectivity index (χ4v) is 5.20. The molecule has 0 amide bonds. The summed E-state index contributed by atoms with van der Waals surface area (Å²) in [5.74, 6) is 1.71. The molecule has 3 aliphatic heterocycles. The molecule has 4 heterocycles. The van der Waals surface area contributed by atoms with Crippen LogP contribution in [-0.2, 0) is 0 Å². The van der Waals surface area contributed by atoms with Gasteiger partial charge in [0, 0.05) is 28.8 Å². The molecule has 0 radical (unpaired) electrons. The Kier molecular flexibility index (Phi) is 5.63. The number of hydrogen-bond donors (Lipinski definition) is 1. The van der Waals surface area contributed by atoms with Crippen molar-refractivity contribution < 1.29 is 4.59 Å². The molecule has 0 spiro atoms. The summed E-state index contributed by atoms with van der Waals surface area (Å²) in [4.78, 5) is 9.99. The Balaban J connectivity index is 1.53. The van der Waals surface area contributed by atoms with Crippen LogP contribution >= 0.6 is 0 Å². The van der Waals surface area contributed by atoms with Gasteiger partial charge >= 0.3 is 0 Å². The van der Waals surface area contributed by atoms with E-state index >= 15 is 0 Å². The monoisotopic (exact) mass is 440 g/mol. The number of nitrogens with zero attached hydrogens (tertiary/aromatic N) is 4. The normalized spacial score (nSPS) is 23.4. The van der Waals surface area contributed by atoms with Crippen LogP contribution in [0.25, 0.3) is 16.8 Å². The van der Waals surface area contributed by atoms with Gasteiger partial charge in [-0.1, -0.05) is 62.3 Å². The van der Waals surface area contributed by atoms with Crippen molar-refractivity contribution in [1.29, 1.82) is 0 Å². The van der Waals surface area contributed by atoms with Crippen molar-refractivity contribution in [1.82, 2.24) is 10.3 Å². The van der Waals surface area contributed by atoms with Crippen molar-refractivity contribution in [2.75, 3.05) is 20.1 Å². The summed E-state index contributed by atoms with van der Waals surface area (Å²) in [5.41, 5.74) is 6.70. The van der Waals surface area contributed by atoms with Gasteiger partial charge < -0.3 is 5.32 Å². The summed E-state index contributed by atoms with van der Waals surface area (Å²) in [6.07, 6.45) is 9.74. The number of piperidine rings is 1. The van der Waals surface area contributed by atoms with E-state index in [0.717, 1.165) is 47.7 Å². The van der Waals surface area contributed by atoms with Gasteiger partial charge in [0.1, 0.15) is 12.7 Å². The second-order valence-corrected chi connectivity index (χ2v) is 10.5. The summed E-state index contributed by atoms with van der Waals surface area (Å²) >= 11 is 0. The van der Waals surface area contributed by atoms with Crippen molar-refractivity contribution >= 4 is 17.5 Å². The van der Waals surface area contributed by atoms with E-state index in [2.05, 4.69) is 63.5 Å². The summed E-state index contributed by atoms with van der Waals surface area (Å²) in [6.45, 7) is 9.04. The van der Waals surface area contributed by atoms with Gasteiger partial charge in [0.05, 0.1) is 23.2 Å². The van der Waals surface area contributed by atoms with Crippen molar-refractivity contribution in [3.8, 4) is 11.3 Å². The van der Waals surface area contributed by atoms with E-state index in [1.165, 1.54) is 24.3 Å². The lowest BCUT2D eigenvalue weighted by Gasteiger charge is -2.36. The number of nitrogens with one attached hydrogen (secondary N) is 1. The van der Waals surface area contributed by atoms with E-state index in [-0.39, 0.29) is 5.41 Å². The number of aromatic nitrogens is 1. The van der Waals surface area contributed by atoms with Crippen LogP contribution in [0.3, 0.4) is 0 Å². The van der Waals surface area contributed by atoms with Crippen LogP contribution in [0.5, 0.6) is 0 Å². The van der Waals surface area contributed by atoms with Crippen molar-refractivity contribution in [3.63, 3.8) is 0 Å². The topological polar surface area (TPSA) is 49.6 Å². The highest BCUT2D eigenvalue weighted by Crippen LogP contribution is 2.45. The molecule has 5 rings (SSSR count). The molecule has 0 bridgehead atoms. The van der Waals surface area contributed by atoms with Gasteiger partial charge in [-0.05, 0) is 44.3 Å². The zero-order valence-electron chi connectivity index (χ0n) is 20.2. The highest BCUT2D eigenvalue weighted by molar-refractivity contribution is 6.12. The van der Waals surface area contributed by atoms with E-state index < -0.39 is 0 Å². The number of fused-ring (bicyclic) bond motifs is 1. The molecule has 5 nitrogen and oxygen atoms in total. The molecule has 1 fully saturated rings. The minimum Gasteiger partial charge on any atom is -0.317 e. The number of quaternary nitrogens is 1. The van der Waals surface area contributed by atoms with Gasteiger partial charge in [-0.2, -0.15) is 4.99 Å². The maximum Gasteiger partial charge on any atom is 0.269 e. The standard InChI is InChI=1S/C28H34N5/c1-28(2,3)26-17-23(16-20-12-14-29-15-13-20)32-27-24(19-31-33(26,27)4)22-10-11-25(30-18-22)21-8-6-5-7-9-21/h5-11,17-20,29H,12-16H2,1-4H3/q+1. The Hall–Kier alpha value is -2.89. The van der Waals surface area contributed by atoms with Crippen LogP contribution in [0.4, 0.5) is 0 Å². The third-order valence-electron chi connectivity index (χ3n) is 6.96. The lowest BCUT2D eigenvalue weighted by molar-refractivity contribution is -0.845. The van der Waals surface area contributed by atoms with Crippen LogP contribution in [0.15, 0.2) is 76.3 Å².